The van der Waals surface area contributed by atoms with Crippen LogP contribution in [0.15, 0.2) is 12.1 Å². The number of fused-ring (bicyclic) bond motifs is 1. The highest BCUT2D eigenvalue weighted by Gasteiger charge is 2.39. The van der Waals surface area contributed by atoms with E-state index in [9.17, 15) is 18.8 Å². The van der Waals surface area contributed by atoms with Crippen LogP contribution in [-0.4, -0.2) is 28.6 Å². The first kappa shape index (κ1) is 7.98. The van der Waals surface area contributed by atoms with Gasteiger partial charge in [0.25, 0.3) is 5.91 Å². The molecule has 6 nitrogen and oxygen atoms in total. The van der Waals surface area contributed by atoms with Crippen molar-refractivity contribution in [3.05, 3.63) is 29.0 Å². The Bertz CT molecular complexity index is 862. The first-order valence-corrected chi connectivity index (χ1v) is 5.72. The van der Waals surface area contributed by atoms with Crippen molar-refractivity contribution in [2.75, 3.05) is 5.73 Å². The van der Waals surface area contributed by atoms with Gasteiger partial charge in [-0.3, -0.25) is 19.7 Å². The zero-order valence-electron chi connectivity index (χ0n) is 15.0. The van der Waals surface area contributed by atoms with Crippen LogP contribution in [-0.2, 0) is 16.1 Å². The lowest BCUT2D eigenvalue weighted by Gasteiger charge is -2.29. The molecule has 20 heavy (non-hydrogen) atoms. The molecule has 0 radical (unpaired) electrons. The number of carbonyl (C=O) groups excluding carboxylic acids is 3. The summed E-state index contributed by atoms with van der Waals surface area (Å²) in [5.74, 6) is -4.54. The van der Waals surface area contributed by atoms with Crippen LogP contribution < -0.4 is 11.1 Å². The molecule has 1 atom stereocenters. The Morgan fingerprint density at radius 3 is 2.95 bits per heavy atom. The van der Waals surface area contributed by atoms with E-state index >= 15 is 0 Å². The summed E-state index contributed by atoms with van der Waals surface area (Å²) in [5, 5.41) is 1.87. The van der Waals surface area contributed by atoms with E-state index in [0.717, 1.165) is 0 Å². The van der Waals surface area contributed by atoms with E-state index in [4.69, 9.17) is 12.6 Å². The van der Waals surface area contributed by atoms with Gasteiger partial charge >= 0.3 is 0 Å². The van der Waals surface area contributed by atoms with E-state index in [2.05, 4.69) is 0 Å². The zero-order valence-corrected chi connectivity index (χ0v) is 10.0. The lowest BCUT2D eigenvalue weighted by atomic mass is 10.0. The summed E-state index contributed by atoms with van der Waals surface area (Å²) in [6, 6.07) is -4.45. The Kier molecular flexibility index (Phi) is 1.71. The van der Waals surface area contributed by atoms with E-state index in [1.807, 2.05) is 5.32 Å². The molecule has 3 rings (SSSR count). The van der Waals surface area contributed by atoms with Gasteiger partial charge in [-0.05, 0) is 18.5 Å². The van der Waals surface area contributed by atoms with Gasteiger partial charge in [0.1, 0.15) is 11.8 Å². The third-order valence-corrected chi connectivity index (χ3v) is 3.01. The largest absolute Gasteiger partial charge is 0.398 e. The maximum absolute atomic E-state index is 13.9. The van der Waals surface area contributed by atoms with Crippen LogP contribution in [0.5, 0.6) is 0 Å². The molecule has 1 saturated heterocycles. The molecule has 2 aliphatic rings. The van der Waals surface area contributed by atoms with E-state index < -0.39 is 71.4 Å². The molecule has 3 N–H and O–H groups in total. The number of hydrogen-bond donors (Lipinski definition) is 2. The number of benzene rings is 1. The lowest BCUT2D eigenvalue weighted by molar-refractivity contribution is -0.136. The van der Waals surface area contributed by atoms with Gasteiger partial charge in [0.15, 0.2) is 0 Å². The highest BCUT2D eigenvalue weighted by atomic mass is 19.1. The van der Waals surface area contributed by atoms with Gasteiger partial charge in [0, 0.05) is 29.7 Å². The van der Waals surface area contributed by atoms with E-state index in [-0.39, 0.29) is 11.3 Å². The van der Waals surface area contributed by atoms with Gasteiger partial charge in [-0.15, -0.1) is 0 Å². The normalized spacial score (nSPS) is 31.8. The fourth-order valence-corrected chi connectivity index (χ4v) is 2.08. The first-order chi connectivity index (χ1) is 11.4. The molecule has 7 heteroatoms. The van der Waals surface area contributed by atoms with E-state index in [1.165, 1.54) is 0 Å². The van der Waals surface area contributed by atoms with Crippen LogP contribution in [0.1, 0.15) is 35.6 Å². The molecule has 2 heterocycles. The van der Waals surface area contributed by atoms with Crippen LogP contribution in [0.4, 0.5) is 10.1 Å². The minimum Gasteiger partial charge on any atom is -0.398 e. The molecular weight excluding hydrogens is 265 g/mol. The van der Waals surface area contributed by atoms with Gasteiger partial charge < -0.3 is 10.6 Å². The monoisotopic (exact) mass is 282 g/mol. The summed E-state index contributed by atoms with van der Waals surface area (Å²) in [6.45, 7) is -2.84. The highest BCUT2D eigenvalue weighted by Crippen LogP contribution is 2.31. The Hall–Kier alpha value is -2.44. The number of hydrogen-bond acceptors (Lipinski definition) is 4. The molecule has 3 amide bonds. The number of rotatable bonds is 1. The summed E-state index contributed by atoms with van der Waals surface area (Å²) >= 11 is 0. The fraction of sp³-hybridized carbons (Fsp3) is 0.308. The summed E-state index contributed by atoms with van der Waals surface area (Å²) < 4.78 is 53.8. The van der Waals surface area contributed by atoms with Crippen LogP contribution >= 0.6 is 0 Å². The second-order valence-corrected chi connectivity index (χ2v) is 4.30. The number of nitrogens with two attached hydrogens (primary N) is 1. The smallest absolute Gasteiger partial charge is 0.255 e. The summed E-state index contributed by atoms with van der Waals surface area (Å²) in [4.78, 5) is 36.4. The number of amides is 3. The quantitative estimate of drug-likeness (QED) is 0.567. The molecule has 1 aromatic rings. The third-order valence-electron chi connectivity index (χ3n) is 3.01. The SMILES string of the molecule is [2H]c1c(N)c2c(c([2H])c1F)C(=O)N([C@]1([2H])CCC(=O)NC1=O)C2([2H])[2H]. The molecule has 0 aromatic heterocycles. The Labute approximate surface area is 120 Å². The van der Waals surface area contributed by atoms with Crippen molar-refractivity contribution in [3.8, 4) is 0 Å². The summed E-state index contributed by atoms with van der Waals surface area (Å²) in [5.41, 5.74) is 3.56. The number of anilines is 1. The molecule has 0 unspecified atom stereocenters. The number of carbonyl (C=O) groups is 3. The van der Waals surface area contributed by atoms with Crippen molar-refractivity contribution in [1.29, 1.82) is 0 Å². The lowest BCUT2D eigenvalue weighted by Crippen LogP contribution is -2.52. The van der Waals surface area contributed by atoms with Crippen LogP contribution in [0.25, 0.3) is 0 Å². The fourth-order valence-electron chi connectivity index (χ4n) is 2.08. The van der Waals surface area contributed by atoms with Crippen LogP contribution in [0.2, 0.25) is 0 Å². The average Bonchev–Trinajstić information content (AvgIpc) is 2.73. The minimum atomic E-state index is -2.84. The Morgan fingerprint density at radius 2 is 2.25 bits per heavy atom. The number of piperidine rings is 1. The number of imide groups is 1. The molecule has 0 saturated carbocycles. The van der Waals surface area contributed by atoms with Crippen molar-refractivity contribution in [3.63, 3.8) is 0 Å². The molecule has 1 aromatic carbocycles. The highest BCUT2D eigenvalue weighted by molar-refractivity contribution is 6.06. The third kappa shape index (κ3) is 1.82. The van der Waals surface area contributed by atoms with Gasteiger partial charge in [0.2, 0.25) is 11.8 Å². The summed E-state index contributed by atoms with van der Waals surface area (Å²) in [6.07, 6.45) is -0.771. The molecule has 1 fully saturated rings. The second kappa shape index (κ2) is 4.29. The molecule has 0 spiro atoms. The molecule has 104 valence electrons. The van der Waals surface area contributed by atoms with Crippen molar-refractivity contribution in [2.45, 2.75) is 25.4 Å². The van der Waals surface area contributed by atoms with Gasteiger partial charge in [-0.2, -0.15) is 0 Å². The predicted octanol–water partition coefficient (Wildman–Crippen LogP) is 0.169. The Balaban J connectivity index is 2.25. The second-order valence-electron chi connectivity index (χ2n) is 4.30. The zero-order chi connectivity index (χ0) is 18.9. The van der Waals surface area contributed by atoms with Crippen molar-refractivity contribution < 1.29 is 25.6 Å². The number of halogens is 1. The van der Waals surface area contributed by atoms with Crippen LogP contribution in [0.3, 0.4) is 0 Å². The van der Waals surface area contributed by atoms with E-state index in [1.54, 1.807) is 0 Å². The predicted molar refractivity (Wildman–Crippen MR) is 66.9 cm³/mol. The topological polar surface area (TPSA) is 92.5 Å². The standard InChI is InChI=1S/C13H12FN3O3/c14-6-3-7-8(9(15)4-6)5-17(13(7)20)10-1-2-11(18)16-12(10)19/h3-4,10H,1-2,5,15H2,(H,16,18,19)/t10-/m1/s1/i3D,4D,5D2,10D. The van der Waals surface area contributed by atoms with Gasteiger partial charge in [0.05, 0.1) is 6.85 Å². The van der Waals surface area contributed by atoms with E-state index in [0.29, 0.717) is 0 Å². The van der Waals surface area contributed by atoms with Gasteiger partial charge in [-0.25, -0.2) is 4.39 Å². The van der Waals surface area contributed by atoms with Crippen LogP contribution in [0, 0.1) is 5.82 Å². The molecule has 0 aliphatic carbocycles. The van der Waals surface area contributed by atoms with Crippen molar-refractivity contribution >= 4 is 23.4 Å². The van der Waals surface area contributed by atoms with Crippen molar-refractivity contribution in [1.82, 2.24) is 10.2 Å². The minimum absolute atomic E-state index is 0.250. The first-order valence-electron chi connectivity index (χ1n) is 8.22. The molecule has 2 aliphatic heterocycles. The molecule has 0 bridgehead atoms. The van der Waals surface area contributed by atoms with Crippen molar-refractivity contribution in [2.24, 2.45) is 0 Å². The number of nitrogens with one attached hydrogen (secondary N) is 1. The van der Waals surface area contributed by atoms with Gasteiger partial charge in [-0.1, -0.05) is 0 Å². The number of nitrogen functional groups attached to an aromatic ring is 1. The molecular formula is C13H12FN3O3. The maximum atomic E-state index is 13.9. The summed E-state index contributed by atoms with van der Waals surface area (Å²) in [7, 11) is 0. The number of nitrogens with zero attached hydrogens (tertiary/aromatic N) is 1. The average molecular weight is 282 g/mol. The Morgan fingerprint density at radius 1 is 1.50 bits per heavy atom. The maximum Gasteiger partial charge on any atom is 0.255 e.